The standard InChI is InChI=1S/C10H14F3N3O/c1-6-8(14-3)15-7(2)16-9(6)17-5-4-10(11,12)13/h4-5H2,1-3H3,(H,14,15,16). The van der Waals surface area contributed by atoms with Crippen LogP contribution < -0.4 is 10.1 Å². The molecule has 0 radical (unpaired) electrons. The number of nitrogens with zero attached hydrogens (tertiary/aromatic N) is 2. The summed E-state index contributed by atoms with van der Waals surface area (Å²) in [7, 11) is 1.67. The molecule has 0 saturated heterocycles. The van der Waals surface area contributed by atoms with Gasteiger partial charge in [-0.1, -0.05) is 0 Å². The van der Waals surface area contributed by atoms with Crippen molar-refractivity contribution in [2.45, 2.75) is 26.4 Å². The fourth-order valence-corrected chi connectivity index (χ4v) is 1.25. The first kappa shape index (κ1) is 13.5. The monoisotopic (exact) mass is 249 g/mol. The molecule has 1 aromatic heterocycles. The summed E-state index contributed by atoms with van der Waals surface area (Å²) in [6.45, 7) is 2.90. The molecule has 7 heteroatoms. The molecule has 1 aromatic rings. The van der Waals surface area contributed by atoms with Crippen LogP contribution in [0, 0.1) is 13.8 Å². The van der Waals surface area contributed by atoms with Crippen molar-refractivity contribution in [3.63, 3.8) is 0 Å². The van der Waals surface area contributed by atoms with Gasteiger partial charge in [0.2, 0.25) is 5.88 Å². The Bertz CT molecular complexity index is 393. The topological polar surface area (TPSA) is 47.0 Å². The van der Waals surface area contributed by atoms with Crippen molar-refractivity contribution in [3.05, 3.63) is 11.4 Å². The second kappa shape index (κ2) is 5.20. The van der Waals surface area contributed by atoms with Crippen molar-refractivity contribution in [1.82, 2.24) is 9.97 Å². The molecule has 4 nitrogen and oxygen atoms in total. The van der Waals surface area contributed by atoms with Gasteiger partial charge in [0.05, 0.1) is 18.6 Å². The lowest BCUT2D eigenvalue weighted by Crippen LogP contribution is -2.14. The number of hydrogen-bond donors (Lipinski definition) is 1. The quantitative estimate of drug-likeness (QED) is 0.890. The van der Waals surface area contributed by atoms with Gasteiger partial charge in [-0.15, -0.1) is 0 Å². The van der Waals surface area contributed by atoms with Crippen molar-refractivity contribution >= 4 is 5.82 Å². The molecule has 0 aliphatic carbocycles. The van der Waals surface area contributed by atoms with Crippen LogP contribution in [0.15, 0.2) is 0 Å². The number of hydrogen-bond acceptors (Lipinski definition) is 4. The highest BCUT2D eigenvalue weighted by Gasteiger charge is 2.27. The van der Waals surface area contributed by atoms with Crippen LogP contribution in [-0.4, -0.2) is 29.8 Å². The maximum absolute atomic E-state index is 12.0. The summed E-state index contributed by atoms with van der Waals surface area (Å²) in [5.41, 5.74) is 0.597. The molecule has 96 valence electrons. The molecule has 0 unspecified atom stereocenters. The van der Waals surface area contributed by atoms with Crippen LogP contribution in [0.5, 0.6) is 5.88 Å². The molecular weight excluding hydrogens is 235 g/mol. The third-order valence-corrected chi connectivity index (χ3v) is 2.07. The zero-order chi connectivity index (χ0) is 13.1. The lowest BCUT2D eigenvalue weighted by molar-refractivity contribution is -0.139. The van der Waals surface area contributed by atoms with E-state index in [4.69, 9.17) is 4.74 Å². The number of halogens is 3. The summed E-state index contributed by atoms with van der Waals surface area (Å²) < 4.78 is 40.9. The first-order valence-corrected chi connectivity index (χ1v) is 5.06. The van der Waals surface area contributed by atoms with E-state index in [0.717, 1.165) is 0 Å². The van der Waals surface area contributed by atoms with Crippen molar-refractivity contribution in [1.29, 1.82) is 0 Å². The summed E-state index contributed by atoms with van der Waals surface area (Å²) in [4.78, 5) is 8.04. The molecule has 17 heavy (non-hydrogen) atoms. The second-order valence-electron chi connectivity index (χ2n) is 3.51. The van der Waals surface area contributed by atoms with Gasteiger partial charge in [-0.05, 0) is 13.8 Å². The first-order chi connectivity index (χ1) is 7.83. The highest BCUT2D eigenvalue weighted by Crippen LogP contribution is 2.23. The third kappa shape index (κ3) is 4.08. The minimum atomic E-state index is -4.22. The number of aromatic nitrogens is 2. The Morgan fingerprint density at radius 3 is 2.41 bits per heavy atom. The molecule has 0 aliphatic heterocycles. The van der Waals surface area contributed by atoms with E-state index in [-0.39, 0.29) is 5.88 Å². The summed E-state index contributed by atoms with van der Waals surface area (Å²) in [6, 6.07) is 0. The number of alkyl halides is 3. The average Bonchev–Trinajstić information content (AvgIpc) is 2.20. The molecular formula is C10H14F3N3O. The summed E-state index contributed by atoms with van der Waals surface area (Å²) >= 11 is 0. The Morgan fingerprint density at radius 1 is 1.24 bits per heavy atom. The minimum absolute atomic E-state index is 0.186. The van der Waals surface area contributed by atoms with E-state index >= 15 is 0 Å². The van der Waals surface area contributed by atoms with Crippen molar-refractivity contribution in [3.8, 4) is 5.88 Å². The largest absolute Gasteiger partial charge is 0.477 e. The van der Waals surface area contributed by atoms with Gasteiger partial charge in [-0.25, -0.2) is 4.98 Å². The molecule has 1 heterocycles. The molecule has 0 bridgehead atoms. The highest BCUT2D eigenvalue weighted by atomic mass is 19.4. The van der Waals surface area contributed by atoms with E-state index in [1.165, 1.54) is 0 Å². The van der Waals surface area contributed by atoms with Gasteiger partial charge >= 0.3 is 6.18 Å². The lowest BCUT2D eigenvalue weighted by Gasteiger charge is -2.12. The zero-order valence-electron chi connectivity index (χ0n) is 9.85. The van der Waals surface area contributed by atoms with E-state index in [1.807, 2.05) is 0 Å². The minimum Gasteiger partial charge on any atom is -0.477 e. The van der Waals surface area contributed by atoms with E-state index < -0.39 is 19.2 Å². The smallest absolute Gasteiger partial charge is 0.392 e. The van der Waals surface area contributed by atoms with Gasteiger partial charge in [0.15, 0.2) is 0 Å². The lowest BCUT2D eigenvalue weighted by atomic mass is 10.3. The average molecular weight is 249 g/mol. The van der Waals surface area contributed by atoms with Gasteiger partial charge in [-0.2, -0.15) is 18.2 Å². The molecule has 0 amide bonds. The zero-order valence-corrected chi connectivity index (χ0v) is 9.85. The fraction of sp³-hybridized carbons (Fsp3) is 0.600. The van der Waals surface area contributed by atoms with Crippen LogP contribution >= 0.6 is 0 Å². The predicted octanol–water partition coefficient (Wildman–Crippen LogP) is 2.47. The molecule has 0 atom stereocenters. The van der Waals surface area contributed by atoms with Crippen LogP contribution in [-0.2, 0) is 0 Å². The Balaban J connectivity index is 2.74. The molecule has 1 rings (SSSR count). The van der Waals surface area contributed by atoms with Gasteiger partial charge in [0, 0.05) is 7.05 Å². The molecule has 0 fully saturated rings. The summed E-state index contributed by atoms with van der Waals surface area (Å²) in [5.74, 6) is 1.19. The summed E-state index contributed by atoms with van der Waals surface area (Å²) in [5, 5.41) is 2.83. The maximum Gasteiger partial charge on any atom is 0.392 e. The molecule has 0 aromatic carbocycles. The fourth-order valence-electron chi connectivity index (χ4n) is 1.25. The number of ether oxygens (including phenoxy) is 1. The van der Waals surface area contributed by atoms with Crippen LogP contribution in [0.2, 0.25) is 0 Å². The van der Waals surface area contributed by atoms with Crippen LogP contribution in [0.25, 0.3) is 0 Å². The summed E-state index contributed by atoms with van der Waals surface area (Å²) in [6.07, 6.45) is -5.22. The van der Waals surface area contributed by atoms with Crippen molar-refractivity contribution < 1.29 is 17.9 Å². The number of nitrogens with one attached hydrogen (secondary N) is 1. The molecule has 1 N–H and O–H groups in total. The Hall–Kier alpha value is -1.53. The van der Waals surface area contributed by atoms with Gasteiger partial charge in [-0.3, -0.25) is 0 Å². The van der Waals surface area contributed by atoms with Gasteiger partial charge in [0.1, 0.15) is 11.6 Å². The van der Waals surface area contributed by atoms with Crippen LogP contribution in [0.1, 0.15) is 17.8 Å². The SMILES string of the molecule is CNc1nc(C)nc(OCCC(F)(F)F)c1C. The van der Waals surface area contributed by atoms with E-state index in [1.54, 1.807) is 20.9 Å². The highest BCUT2D eigenvalue weighted by molar-refractivity contribution is 5.47. The Kier molecular flexibility index (Phi) is 4.14. The molecule has 0 aliphatic rings. The van der Waals surface area contributed by atoms with Crippen molar-refractivity contribution in [2.75, 3.05) is 19.0 Å². The number of rotatable bonds is 4. The molecule has 0 spiro atoms. The number of aryl methyl sites for hydroxylation is 1. The van der Waals surface area contributed by atoms with Crippen molar-refractivity contribution in [2.24, 2.45) is 0 Å². The first-order valence-electron chi connectivity index (χ1n) is 5.06. The number of anilines is 1. The van der Waals surface area contributed by atoms with E-state index in [9.17, 15) is 13.2 Å². The third-order valence-electron chi connectivity index (χ3n) is 2.07. The Morgan fingerprint density at radius 2 is 1.88 bits per heavy atom. The van der Waals surface area contributed by atoms with Gasteiger partial charge < -0.3 is 10.1 Å². The van der Waals surface area contributed by atoms with Gasteiger partial charge in [0.25, 0.3) is 0 Å². The van der Waals surface area contributed by atoms with E-state index in [0.29, 0.717) is 17.2 Å². The van der Waals surface area contributed by atoms with Crippen LogP contribution in [0.3, 0.4) is 0 Å². The normalized spacial score (nSPS) is 11.4. The second-order valence-corrected chi connectivity index (χ2v) is 3.51. The molecule has 0 saturated carbocycles. The van der Waals surface area contributed by atoms with E-state index in [2.05, 4.69) is 15.3 Å². The maximum atomic E-state index is 12.0. The predicted molar refractivity (Wildman–Crippen MR) is 57.2 cm³/mol. The van der Waals surface area contributed by atoms with Crippen LogP contribution in [0.4, 0.5) is 19.0 Å². The Labute approximate surface area is 97.2 Å².